The third kappa shape index (κ3) is 2.56. The minimum absolute atomic E-state index is 0.416. The van der Waals surface area contributed by atoms with Crippen molar-refractivity contribution >= 4 is 23.0 Å². The topological polar surface area (TPSA) is 45.4 Å². The lowest BCUT2D eigenvalue weighted by molar-refractivity contribution is 0.274. The Morgan fingerprint density at radius 2 is 2.29 bits per heavy atom. The molecule has 4 nitrogen and oxygen atoms in total. The van der Waals surface area contributed by atoms with Gasteiger partial charge in [-0.2, -0.15) is 0 Å². The van der Waals surface area contributed by atoms with E-state index in [9.17, 15) is 0 Å². The van der Waals surface area contributed by atoms with Crippen LogP contribution in [0.2, 0.25) is 0 Å². The molecule has 17 heavy (non-hydrogen) atoms. The number of rotatable bonds is 2. The summed E-state index contributed by atoms with van der Waals surface area (Å²) in [5, 5.41) is 0. The first kappa shape index (κ1) is 12.3. The van der Waals surface area contributed by atoms with E-state index in [-0.39, 0.29) is 0 Å². The molecule has 2 N–H and O–H groups in total. The SMILES string of the molecule is CC1CN(C)CCN1c1ncccc1C(N)=S. The van der Waals surface area contributed by atoms with Crippen molar-refractivity contribution in [1.82, 2.24) is 9.88 Å². The van der Waals surface area contributed by atoms with Crippen molar-refractivity contribution in [3.05, 3.63) is 23.9 Å². The molecule has 1 unspecified atom stereocenters. The molecule has 0 saturated carbocycles. The number of aromatic nitrogens is 1. The molecule has 1 fully saturated rings. The van der Waals surface area contributed by atoms with E-state index in [1.54, 1.807) is 6.20 Å². The summed E-state index contributed by atoms with van der Waals surface area (Å²) in [6, 6.07) is 4.24. The minimum atomic E-state index is 0.416. The molecule has 0 spiro atoms. The molecule has 1 aromatic rings. The Morgan fingerprint density at radius 3 is 2.94 bits per heavy atom. The Labute approximate surface area is 107 Å². The highest BCUT2D eigenvalue weighted by Gasteiger charge is 2.24. The van der Waals surface area contributed by atoms with Crippen LogP contribution in [-0.4, -0.2) is 47.6 Å². The van der Waals surface area contributed by atoms with Gasteiger partial charge in [0, 0.05) is 31.9 Å². The van der Waals surface area contributed by atoms with E-state index >= 15 is 0 Å². The summed E-state index contributed by atoms with van der Waals surface area (Å²) in [4.78, 5) is 9.47. The largest absolute Gasteiger partial charge is 0.389 e. The average molecular weight is 250 g/mol. The molecule has 0 radical (unpaired) electrons. The molecule has 5 heteroatoms. The summed E-state index contributed by atoms with van der Waals surface area (Å²) in [7, 11) is 2.14. The summed E-state index contributed by atoms with van der Waals surface area (Å²) in [5.41, 5.74) is 6.62. The van der Waals surface area contributed by atoms with Crippen molar-refractivity contribution in [3.8, 4) is 0 Å². The van der Waals surface area contributed by atoms with E-state index in [4.69, 9.17) is 18.0 Å². The first-order valence-corrected chi connectivity index (χ1v) is 6.20. The van der Waals surface area contributed by atoms with Crippen molar-refractivity contribution in [2.75, 3.05) is 31.6 Å². The predicted octanol–water partition coefficient (Wildman–Crippen LogP) is 0.856. The highest BCUT2D eigenvalue weighted by Crippen LogP contribution is 2.21. The quantitative estimate of drug-likeness (QED) is 0.789. The Bertz CT molecular complexity index is 421. The smallest absolute Gasteiger partial charge is 0.139 e. The van der Waals surface area contributed by atoms with Gasteiger partial charge in [0.2, 0.25) is 0 Å². The molecule has 0 aromatic carbocycles. The number of nitrogens with zero attached hydrogens (tertiary/aromatic N) is 3. The maximum absolute atomic E-state index is 5.75. The fourth-order valence-electron chi connectivity index (χ4n) is 2.27. The van der Waals surface area contributed by atoms with Crippen LogP contribution in [-0.2, 0) is 0 Å². The van der Waals surface area contributed by atoms with Gasteiger partial charge in [-0.05, 0) is 26.1 Å². The van der Waals surface area contributed by atoms with E-state index in [1.165, 1.54) is 0 Å². The monoisotopic (exact) mass is 250 g/mol. The van der Waals surface area contributed by atoms with Crippen LogP contribution >= 0.6 is 12.2 Å². The van der Waals surface area contributed by atoms with E-state index in [1.807, 2.05) is 12.1 Å². The number of hydrogen-bond donors (Lipinski definition) is 1. The molecular weight excluding hydrogens is 232 g/mol. The third-order valence-corrected chi connectivity index (χ3v) is 3.37. The van der Waals surface area contributed by atoms with E-state index < -0.39 is 0 Å². The highest BCUT2D eigenvalue weighted by atomic mass is 32.1. The zero-order valence-corrected chi connectivity index (χ0v) is 11.1. The Kier molecular flexibility index (Phi) is 3.59. The Hall–Kier alpha value is -1.20. The van der Waals surface area contributed by atoms with Gasteiger partial charge < -0.3 is 15.5 Å². The molecule has 1 atom stereocenters. The molecule has 2 rings (SSSR count). The maximum atomic E-state index is 5.75. The van der Waals surface area contributed by atoms with Gasteiger partial charge in [0.05, 0.1) is 5.56 Å². The van der Waals surface area contributed by atoms with Crippen molar-refractivity contribution in [3.63, 3.8) is 0 Å². The van der Waals surface area contributed by atoms with Crippen LogP contribution in [0.4, 0.5) is 5.82 Å². The van der Waals surface area contributed by atoms with Gasteiger partial charge >= 0.3 is 0 Å². The predicted molar refractivity (Wildman–Crippen MR) is 74.4 cm³/mol. The average Bonchev–Trinajstić information content (AvgIpc) is 2.29. The Balaban J connectivity index is 2.30. The van der Waals surface area contributed by atoms with Crippen molar-refractivity contribution in [1.29, 1.82) is 0 Å². The van der Waals surface area contributed by atoms with Gasteiger partial charge in [0.15, 0.2) is 0 Å². The van der Waals surface area contributed by atoms with Crippen LogP contribution in [0.25, 0.3) is 0 Å². The highest BCUT2D eigenvalue weighted by molar-refractivity contribution is 7.80. The number of pyridine rings is 1. The lowest BCUT2D eigenvalue weighted by Gasteiger charge is -2.39. The minimum Gasteiger partial charge on any atom is -0.389 e. The van der Waals surface area contributed by atoms with Gasteiger partial charge in [-0.3, -0.25) is 0 Å². The van der Waals surface area contributed by atoms with E-state index in [2.05, 4.69) is 28.8 Å². The van der Waals surface area contributed by atoms with Crippen molar-refractivity contribution in [2.24, 2.45) is 5.73 Å². The summed E-state index contributed by atoms with van der Waals surface area (Å²) < 4.78 is 0. The summed E-state index contributed by atoms with van der Waals surface area (Å²) in [6.45, 7) is 5.24. The van der Waals surface area contributed by atoms with Crippen LogP contribution in [0.15, 0.2) is 18.3 Å². The number of hydrogen-bond acceptors (Lipinski definition) is 4. The van der Waals surface area contributed by atoms with Crippen LogP contribution in [0, 0.1) is 0 Å². The number of likely N-dealkylation sites (N-methyl/N-ethyl adjacent to an activating group) is 1. The fraction of sp³-hybridized carbons (Fsp3) is 0.500. The van der Waals surface area contributed by atoms with Gasteiger partial charge in [0.25, 0.3) is 0 Å². The molecule has 1 aliphatic heterocycles. The first-order valence-electron chi connectivity index (χ1n) is 5.79. The molecule has 92 valence electrons. The standard InChI is InChI=1S/C12H18N4S/c1-9-8-15(2)6-7-16(9)12-10(11(13)17)4-3-5-14-12/h3-5,9H,6-8H2,1-2H3,(H2,13,17). The molecular formula is C12H18N4S. The second-order valence-electron chi connectivity index (χ2n) is 4.54. The third-order valence-electron chi connectivity index (χ3n) is 3.15. The maximum Gasteiger partial charge on any atom is 0.139 e. The lowest BCUT2D eigenvalue weighted by atomic mass is 10.1. The van der Waals surface area contributed by atoms with E-state index in [0.717, 1.165) is 31.0 Å². The van der Waals surface area contributed by atoms with Gasteiger partial charge in [-0.15, -0.1) is 0 Å². The molecule has 1 aromatic heterocycles. The molecule has 2 heterocycles. The van der Waals surface area contributed by atoms with Crippen LogP contribution in [0.5, 0.6) is 0 Å². The lowest BCUT2D eigenvalue weighted by Crippen LogP contribution is -2.51. The number of anilines is 1. The van der Waals surface area contributed by atoms with Crippen molar-refractivity contribution < 1.29 is 0 Å². The van der Waals surface area contributed by atoms with Crippen LogP contribution < -0.4 is 10.6 Å². The van der Waals surface area contributed by atoms with Gasteiger partial charge in [-0.1, -0.05) is 12.2 Å². The van der Waals surface area contributed by atoms with Gasteiger partial charge in [-0.25, -0.2) is 4.98 Å². The number of thiocarbonyl (C=S) groups is 1. The first-order chi connectivity index (χ1) is 8.09. The molecule has 0 amide bonds. The number of piperazine rings is 1. The second-order valence-corrected chi connectivity index (χ2v) is 4.98. The molecule has 1 aliphatic rings. The second kappa shape index (κ2) is 4.98. The van der Waals surface area contributed by atoms with Gasteiger partial charge in [0.1, 0.15) is 10.8 Å². The van der Waals surface area contributed by atoms with Crippen LogP contribution in [0.3, 0.4) is 0 Å². The van der Waals surface area contributed by atoms with E-state index in [0.29, 0.717) is 11.0 Å². The zero-order valence-electron chi connectivity index (χ0n) is 10.3. The summed E-state index contributed by atoms with van der Waals surface area (Å²) in [5.74, 6) is 0.917. The normalized spacial score (nSPS) is 21.5. The molecule has 1 saturated heterocycles. The zero-order chi connectivity index (χ0) is 12.4. The van der Waals surface area contributed by atoms with Crippen molar-refractivity contribution in [2.45, 2.75) is 13.0 Å². The van der Waals surface area contributed by atoms with Crippen LogP contribution in [0.1, 0.15) is 12.5 Å². The molecule has 0 bridgehead atoms. The molecule has 0 aliphatic carbocycles. The fourth-order valence-corrected chi connectivity index (χ4v) is 2.43. The Morgan fingerprint density at radius 1 is 1.53 bits per heavy atom. The number of nitrogens with two attached hydrogens (primary N) is 1. The summed E-state index contributed by atoms with van der Waals surface area (Å²) >= 11 is 5.08. The summed E-state index contributed by atoms with van der Waals surface area (Å²) in [6.07, 6.45) is 1.79.